The van der Waals surface area contributed by atoms with Crippen molar-refractivity contribution < 1.29 is 0 Å². The molecule has 3 atom stereocenters. The lowest BCUT2D eigenvalue weighted by molar-refractivity contribution is 0.224. The van der Waals surface area contributed by atoms with Crippen molar-refractivity contribution >= 4 is 0 Å². The van der Waals surface area contributed by atoms with Crippen LogP contribution in [0.5, 0.6) is 0 Å². The van der Waals surface area contributed by atoms with Gasteiger partial charge in [0.1, 0.15) is 0 Å². The van der Waals surface area contributed by atoms with E-state index in [0.29, 0.717) is 0 Å². The molecule has 2 rings (SSSR count). The minimum Gasteiger partial charge on any atom is -0.0958 e. The summed E-state index contributed by atoms with van der Waals surface area (Å²) in [7, 11) is 0. The number of allylic oxidation sites excluding steroid dienone is 3. The van der Waals surface area contributed by atoms with E-state index in [1.807, 2.05) is 0 Å². The molecule has 0 aliphatic heterocycles. The van der Waals surface area contributed by atoms with Gasteiger partial charge in [0.2, 0.25) is 0 Å². The van der Waals surface area contributed by atoms with Gasteiger partial charge in [-0.05, 0) is 49.4 Å². The Bertz CT molecular complexity index is 282. The smallest absolute Gasteiger partial charge is 0.0168 e. The van der Waals surface area contributed by atoms with Crippen LogP contribution >= 0.6 is 0 Å². The van der Waals surface area contributed by atoms with Gasteiger partial charge in [-0.15, -0.1) is 0 Å². The molecule has 0 amide bonds. The maximum atomic E-state index is 4.15. The second-order valence-electron chi connectivity index (χ2n) is 5.85. The molecule has 0 radical (unpaired) electrons. The van der Waals surface area contributed by atoms with Gasteiger partial charge in [0.05, 0.1) is 0 Å². The van der Waals surface area contributed by atoms with E-state index in [2.05, 4.69) is 33.4 Å². The number of fused-ring (bicyclic) bond motifs is 1. The Morgan fingerprint density at radius 1 is 1.27 bits per heavy atom. The van der Waals surface area contributed by atoms with E-state index in [4.69, 9.17) is 0 Å². The highest BCUT2D eigenvalue weighted by Gasteiger charge is 2.35. The summed E-state index contributed by atoms with van der Waals surface area (Å²) < 4.78 is 0. The van der Waals surface area contributed by atoms with Crippen LogP contribution in [0.4, 0.5) is 0 Å². The van der Waals surface area contributed by atoms with Gasteiger partial charge in [0.25, 0.3) is 0 Å². The Morgan fingerprint density at radius 2 is 2.00 bits per heavy atom. The van der Waals surface area contributed by atoms with Crippen molar-refractivity contribution in [3.63, 3.8) is 0 Å². The van der Waals surface area contributed by atoms with Crippen molar-refractivity contribution in [3.8, 4) is 0 Å². The molecule has 1 fully saturated rings. The third-order valence-corrected chi connectivity index (χ3v) is 4.43. The van der Waals surface area contributed by atoms with E-state index in [1.165, 1.54) is 31.3 Å². The molecule has 0 aromatic heterocycles. The van der Waals surface area contributed by atoms with Gasteiger partial charge in [0, 0.05) is 0 Å². The minimum absolute atomic E-state index is 0.803. The molecule has 0 N–H and O–H groups in total. The first-order valence-electron chi connectivity index (χ1n) is 6.49. The van der Waals surface area contributed by atoms with Crippen molar-refractivity contribution in [1.82, 2.24) is 0 Å². The van der Waals surface area contributed by atoms with Crippen LogP contribution in [0.2, 0.25) is 0 Å². The zero-order valence-corrected chi connectivity index (χ0v) is 10.4. The second-order valence-corrected chi connectivity index (χ2v) is 5.85. The highest BCUT2D eigenvalue weighted by molar-refractivity contribution is 5.30. The molecule has 0 heteroatoms. The average Bonchev–Trinajstić information content (AvgIpc) is 2.17. The number of hydrogen-bond acceptors (Lipinski definition) is 0. The van der Waals surface area contributed by atoms with Gasteiger partial charge in [-0.25, -0.2) is 0 Å². The fourth-order valence-electron chi connectivity index (χ4n) is 3.45. The molecule has 0 bridgehead atoms. The van der Waals surface area contributed by atoms with E-state index in [-0.39, 0.29) is 0 Å². The Kier molecular flexibility index (Phi) is 3.04. The van der Waals surface area contributed by atoms with Crippen LogP contribution in [0.1, 0.15) is 46.5 Å². The van der Waals surface area contributed by atoms with Gasteiger partial charge < -0.3 is 0 Å². The number of rotatable bonds is 1. The van der Waals surface area contributed by atoms with Gasteiger partial charge in [-0.1, -0.05) is 44.6 Å². The normalized spacial score (nSPS) is 36.4. The Labute approximate surface area is 94.5 Å². The van der Waals surface area contributed by atoms with E-state index < -0.39 is 0 Å². The summed E-state index contributed by atoms with van der Waals surface area (Å²) in [6.45, 7) is 11.3. The van der Waals surface area contributed by atoms with Gasteiger partial charge in [-0.3, -0.25) is 0 Å². The molecule has 0 aromatic rings. The number of hydrogen-bond donors (Lipinski definition) is 0. The zero-order chi connectivity index (χ0) is 11.0. The van der Waals surface area contributed by atoms with Crippen LogP contribution in [-0.4, -0.2) is 0 Å². The molecule has 84 valence electrons. The lowest BCUT2D eigenvalue weighted by atomic mass is 9.64. The summed E-state index contributed by atoms with van der Waals surface area (Å²) in [6, 6.07) is 0. The summed E-state index contributed by atoms with van der Waals surface area (Å²) in [4.78, 5) is 0. The third-order valence-electron chi connectivity index (χ3n) is 4.43. The maximum absolute atomic E-state index is 4.15. The van der Waals surface area contributed by atoms with Gasteiger partial charge in [-0.2, -0.15) is 0 Å². The molecule has 0 heterocycles. The van der Waals surface area contributed by atoms with Crippen LogP contribution in [0.15, 0.2) is 23.8 Å². The topological polar surface area (TPSA) is 0 Å². The molecule has 0 nitrogen and oxygen atoms in total. The summed E-state index contributed by atoms with van der Waals surface area (Å²) in [5, 5.41) is 0. The molecule has 2 aliphatic carbocycles. The Morgan fingerprint density at radius 3 is 2.67 bits per heavy atom. The zero-order valence-electron chi connectivity index (χ0n) is 10.4. The van der Waals surface area contributed by atoms with E-state index >= 15 is 0 Å². The third kappa shape index (κ3) is 2.04. The van der Waals surface area contributed by atoms with E-state index in [1.54, 1.807) is 5.57 Å². The monoisotopic (exact) mass is 204 g/mol. The minimum atomic E-state index is 0.803. The molecule has 1 saturated carbocycles. The molecular weight excluding hydrogens is 180 g/mol. The Hall–Kier alpha value is -0.520. The fourth-order valence-corrected chi connectivity index (χ4v) is 3.45. The quantitative estimate of drug-likeness (QED) is 0.586. The summed E-state index contributed by atoms with van der Waals surface area (Å²) in [5.74, 6) is 3.41. The maximum Gasteiger partial charge on any atom is -0.0168 e. The van der Waals surface area contributed by atoms with Crippen LogP contribution in [0.25, 0.3) is 0 Å². The molecule has 15 heavy (non-hydrogen) atoms. The predicted octanol–water partition coefficient (Wildman–Crippen LogP) is 4.58. The van der Waals surface area contributed by atoms with E-state index in [0.717, 1.165) is 23.7 Å². The van der Waals surface area contributed by atoms with Crippen LogP contribution in [0.3, 0.4) is 0 Å². The first kappa shape index (κ1) is 11.0. The largest absolute Gasteiger partial charge is 0.0958 e. The molecular formula is C15H24. The summed E-state index contributed by atoms with van der Waals surface area (Å²) in [5.41, 5.74) is 3.10. The van der Waals surface area contributed by atoms with Crippen molar-refractivity contribution in [2.75, 3.05) is 0 Å². The highest BCUT2D eigenvalue weighted by atomic mass is 14.4. The molecule has 0 spiro atoms. The first-order chi connectivity index (χ1) is 7.09. The fraction of sp³-hybridized carbons (Fsp3) is 0.733. The van der Waals surface area contributed by atoms with Crippen molar-refractivity contribution in [3.05, 3.63) is 23.8 Å². The molecule has 0 aromatic carbocycles. The Balaban J connectivity index is 2.27. The van der Waals surface area contributed by atoms with Gasteiger partial charge in [0.15, 0.2) is 0 Å². The molecule has 0 saturated heterocycles. The standard InChI is InChI=1S/C15H24/c1-10(2)13-8-6-12(4)14-7-5-11(3)9-15(13)14/h9-10,12-14H,3,5-8H2,1-2,4H3/t12-,13+,14+/m1/s1. The van der Waals surface area contributed by atoms with Crippen LogP contribution in [-0.2, 0) is 0 Å². The summed E-state index contributed by atoms with van der Waals surface area (Å²) in [6.07, 6.45) is 7.83. The predicted molar refractivity (Wildman–Crippen MR) is 66.7 cm³/mol. The lowest BCUT2D eigenvalue weighted by Crippen LogP contribution is -2.30. The van der Waals surface area contributed by atoms with Gasteiger partial charge >= 0.3 is 0 Å². The summed E-state index contributed by atoms with van der Waals surface area (Å²) >= 11 is 0. The van der Waals surface area contributed by atoms with Crippen LogP contribution in [0, 0.1) is 23.7 Å². The lowest BCUT2D eigenvalue weighted by Gasteiger charge is -2.41. The SMILES string of the molecule is C=C1C=C2[C@H](C(C)C)CC[C@@H](C)[C@@H]2CC1. The van der Waals surface area contributed by atoms with E-state index in [9.17, 15) is 0 Å². The molecule has 2 aliphatic rings. The van der Waals surface area contributed by atoms with Crippen molar-refractivity contribution in [1.29, 1.82) is 0 Å². The molecule has 0 unspecified atom stereocenters. The highest BCUT2D eigenvalue weighted by Crippen LogP contribution is 2.46. The second kappa shape index (κ2) is 4.15. The van der Waals surface area contributed by atoms with Crippen molar-refractivity contribution in [2.45, 2.75) is 46.5 Å². The average molecular weight is 204 g/mol. The van der Waals surface area contributed by atoms with Crippen LogP contribution < -0.4 is 0 Å². The first-order valence-corrected chi connectivity index (χ1v) is 6.49. The van der Waals surface area contributed by atoms with Crippen molar-refractivity contribution in [2.24, 2.45) is 23.7 Å².